The maximum absolute atomic E-state index is 5.93. The standard InChI is InChI=1S/C23H18ClN5S/c1-15-21(16-6-3-2-4-7-16)22-25-11-10-20(29(22)28-15)17-8-5-9-18(12-17)26-13-19-14-27-23(24)30-19/h2-12,14,26H,13H2,1H3. The average molecular weight is 432 g/mol. The van der Waals surface area contributed by atoms with Crippen LogP contribution in [-0.4, -0.2) is 19.6 Å². The van der Waals surface area contributed by atoms with Crippen LogP contribution in [0.4, 0.5) is 5.69 Å². The summed E-state index contributed by atoms with van der Waals surface area (Å²) in [5.74, 6) is 0. The maximum Gasteiger partial charge on any atom is 0.183 e. The molecule has 5 nitrogen and oxygen atoms in total. The van der Waals surface area contributed by atoms with Gasteiger partial charge in [0, 0.05) is 34.1 Å². The van der Waals surface area contributed by atoms with Crippen molar-refractivity contribution in [1.29, 1.82) is 0 Å². The summed E-state index contributed by atoms with van der Waals surface area (Å²) >= 11 is 7.41. The molecule has 0 spiro atoms. The highest BCUT2D eigenvalue weighted by Crippen LogP contribution is 2.30. The summed E-state index contributed by atoms with van der Waals surface area (Å²) in [5.41, 5.74) is 7.08. The van der Waals surface area contributed by atoms with Crippen LogP contribution in [0.3, 0.4) is 0 Å². The van der Waals surface area contributed by atoms with Gasteiger partial charge in [-0.3, -0.25) is 0 Å². The molecule has 0 radical (unpaired) electrons. The van der Waals surface area contributed by atoms with Crippen molar-refractivity contribution in [2.75, 3.05) is 5.32 Å². The second-order valence-corrected chi connectivity index (χ2v) is 8.60. The topological polar surface area (TPSA) is 55.1 Å². The number of nitrogens with one attached hydrogen (secondary N) is 1. The molecular weight excluding hydrogens is 414 g/mol. The zero-order valence-corrected chi connectivity index (χ0v) is 17.8. The molecular formula is C23H18ClN5S. The first-order valence-electron chi connectivity index (χ1n) is 9.53. The fourth-order valence-electron chi connectivity index (χ4n) is 3.56. The highest BCUT2D eigenvalue weighted by Gasteiger charge is 2.15. The van der Waals surface area contributed by atoms with Crippen LogP contribution in [-0.2, 0) is 6.54 Å². The molecule has 3 aromatic heterocycles. The third kappa shape index (κ3) is 3.56. The number of halogens is 1. The molecule has 0 aliphatic rings. The molecule has 0 saturated carbocycles. The largest absolute Gasteiger partial charge is 0.380 e. The molecule has 1 N–H and O–H groups in total. The molecule has 3 heterocycles. The highest BCUT2D eigenvalue weighted by molar-refractivity contribution is 7.15. The molecule has 148 valence electrons. The summed E-state index contributed by atoms with van der Waals surface area (Å²) in [7, 11) is 0. The quantitative estimate of drug-likeness (QED) is 0.365. The fourth-order valence-corrected chi connectivity index (χ4v) is 4.47. The Morgan fingerprint density at radius 3 is 2.63 bits per heavy atom. The predicted molar refractivity (Wildman–Crippen MR) is 123 cm³/mol. The molecule has 0 unspecified atom stereocenters. The molecule has 0 saturated heterocycles. The summed E-state index contributed by atoms with van der Waals surface area (Å²) in [5, 5.41) is 8.25. The van der Waals surface area contributed by atoms with Gasteiger partial charge in [-0.1, -0.05) is 54.1 Å². The minimum Gasteiger partial charge on any atom is -0.380 e. The number of thiazole rings is 1. The Hall–Kier alpha value is -3.22. The summed E-state index contributed by atoms with van der Waals surface area (Å²) in [4.78, 5) is 9.81. The molecule has 0 aliphatic heterocycles. The number of hydrogen-bond acceptors (Lipinski definition) is 5. The van der Waals surface area contributed by atoms with Crippen LogP contribution >= 0.6 is 22.9 Å². The van der Waals surface area contributed by atoms with Crippen molar-refractivity contribution in [2.24, 2.45) is 0 Å². The van der Waals surface area contributed by atoms with Gasteiger partial charge in [-0.25, -0.2) is 14.5 Å². The number of anilines is 1. The second kappa shape index (κ2) is 7.89. The minimum atomic E-state index is 0.558. The maximum atomic E-state index is 5.93. The highest BCUT2D eigenvalue weighted by atomic mass is 35.5. The first kappa shape index (κ1) is 18.8. The zero-order chi connectivity index (χ0) is 20.5. The Balaban J connectivity index is 1.52. The Bertz CT molecular complexity index is 1330. The second-order valence-electron chi connectivity index (χ2n) is 6.91. The first-order valence-corrected chi connectivity index (χ1v) is 10.7. The lowest BCUT2D eigenvalue weighted by Gasteiger charge is -2.09. The molecule has 0 fully saturated rings. The van der Waals surface area contributed by atoms with Gasteiger partial charge in [-0.2, -0.15) is 5.10 Å². The van der Waals surface area contributed by atoms with E-state index >= 15 is 0 Å². The van der Waals surface area contributed by atoms with Crippen LogP contribution in [0.25, 0.3) is 28.0 Å². The van der Waals surface area contributed by atoms with E-state index < -0.39 is 0 Å². The van der Waals surface area contributed by atoms with E-state index in [0.29, 0.717) is 11.0 Å². The van der Waals surface area contributed by atoms with Crippen molar-refractivity contribution >= 4 is 34.3 Å². The lowest BCUT2D eigenvalue weighted by molar-refractivity contribution is 0.925. The van der Waals surface area contributed by atoms with Gasteiger partial charge < -0.3 is 5.32 Å². The molecule has 0 bridgehead atoms. The number of benzene rings is 2. The average Bonchev–Trinajstić information content (AvgIpc) is 3.34. The summed E-state index contributed by atoms with van der Waals surface area (Å²) in [6, 6.07) is 20.6. The fraction of sp³-hybridized carbons (Fsp3) is 0.0870. The number of fused-ring (bicyclic) bond motifs is 1. The van der Waals surface area contributed by atoms with E-state index in [9.17, 15) is 0 Å². The van der Waals surface area contributed by atoms with E-state index in [-0.39, 0.29) is 0 Å². The number of aromatic nitrogens is 4. The van der Waals surface area contributed by atoms with Crippen molar-refractivity contribution in [3.63, 3.8) is 0 Å². The van der Waals surface area contributed by atoms with Gasteiger partial charge in [0.25, 0.3) is 0 Å². The molecule has 0 aliphatic carbocycles. The van der Waals surface area contributed by atoms with Gasteiger partial charge in [-0.05, 0) is 30.7 Å². The Morgan fingerprint density at radius 2 is 1.83 bits per heavy atom. The van der Waals surface area contributed by atoms with Gasteiger partial charge in [0.2, 0.25) is 0 Å². The van der Waals surface area contributed by atoms with E-state index in [2.05, 4.69) is 39.6 Å². The molecule has 0 atom stereocenters. The van der Waals surface area contributed by atoms with Crippen LogP contribution in [0, 0.1) is 6.92 Å². The SMILES string of the molecule is Cc1nn2c(-c3cccc(NCc4cnc(Cl)s4)c3)ccnc2c1-c1ccccc1. The third-order valence-corrected chi connectivity index (χ3v) is 6.02. The molecule has 30 heavy (non-hydrogen) atoms. The van der Waals surface area contributed by atoms with Gasteiger partial charge in [0.1, 0.15) is 0 Å². The van der Waals surface area contributed by atoms with Crippen LogP contribution in [0.5, 0.6) is 0 Å². The van der Waals surface area contributed by atoms with Crippen molar-refractivity contribution < 1.29 is 0 Å². The van der Waals surface area contributed by atoms with Gasteiger partial charge >= 0.3 is 0 Å². The Labute approximate surface area is 183 Å². The van der Waals surface area contributed by atoms with Gasteiger partial charge in [0.15, 0.2) is 10.1 Å². The molecule has 7 heteroatoms. The number of rotatable bonds is 5. The lowest BCUT2D eigenvalue weighted by Crippen LogP contribution is -1.99. The van der Waals surface area contributed by atoms with Crippen molar-refractivity contribution in [1.82, 2.24) is 19.6 Å². The Kier molecular flexibility index (Phi) is 4.94. The summed E-state index contributed by atoms with van der Waals surface area (Å²) in [6.45, 7) is 2.71. The molecule has 2 aromatic carbocycles. The summed E-state index contributed by atoms with van der Waals surface area (Å²) in [6.07, 6.45) is 3.64. The minimum absolute atomic E-state index is 0.558. The van der Waals surface area contributed by atoms with E-state index in [1.165, 1.54) is 11.3 Å². The smallest absolute Gasteiger partial charge is 0.183 e. The van der Waals surface area contributed by atoms with Crippen molar-refractivity contribution in [3.05, 3.63) is 88.1 Å². The van der Waals surface area contributed by atoms with E-state index in [0.717, 1.165) is 44.3 Å². The Morgan fingerprint density at radius 1 is 1.00 bits per heavy atom. The number of aryl methyl sites for hydroxylation is 1. The zero-order valence-electron chi connectivity index (χ0n) is 16.2. The van der Waals surface area contributed by atoms with Crippen molar-refractivity contribution in [3.8, 4) is 22.4 Å². The van der Waals surface area contributed by atoms with E-state index in [1.54, 1.807) is 6.20 Å². The number of nitrogens with zero attached hydrogens (tertiary/aromatic N) is 4. The van der Waals surface area contributed by atoms with E-state index in [4.69, 9.17) is 16.7 Å². The lowest BCUT2D eigenvalue weighted by atomic mass is 10.1. The van der Waals surface area contributed by atoms with Crippen LogP contribution in [0.2, 0.25) is 4.47 Å². The van der Waals surface area contributed by atoms with Gasteiger partial charge in [0.05, 0.1) is 17.9 Å². The van der Waals surface area contributed by atoms with Crippen LogP contribution < -0.4 is 5.32 Å². The van der Waals surface area contributed by atoms with Crippen LogP contribution in [0.1, 0.15) is 10.6 Å². The summed E-state index contributed by atoms with van der Waals surface area (Å²) < 4.78 is 2.49. The first-order chi connectivity index (χ1) is 14.7. The van der Waals surface area contributed by atoms with Crippen LogP contribution in [0.15, 0.2) is 73.1 Å². The third-order valence-electron chi connectivity index (χ3n) is 4.91. The number of hydrogen-bond donors (Lipinski definition) is 1. The molecule has 5 rings (SSSR count). The molecule has 0 amide bonds. The van der Waals surface area contributed by atoms with Crippen molar-refractivity contribution in [2.45, 2.75) is 13.5 Å². The normalized spacial score (nSPS) is 11.1. The van der Waals surface area contributed by atoms with E-state index in [1.807, 2.05) is 54.0 Å². The predicted octanol–water partition coefficient (Wildman–Crippen LogP) is 6.09. The monoisotopic (exact) mass is 431 g/mol. The molecule has 5 aromatic rings. The van der Waals surface area contributed by atoms with Gasteiger partial charge in [-0.15, -0.1) is 11.3 Å².